The Balaban J connectivity index is 1.18. The summed E-state index contributed by atoms with van der Waals surface area (Å²) in [6.07, 6.45) is 0. The molecule has 2 aromatic heterocycles. The molecule has 0 fully saturated rings. The Morgan fingerprint density at radius 1 is 0.300 bits per heavy atom. The van der Waals surface area contributed by atoms with Gasteiger partial charge in [-0.15, -0.1) is 0 Å². The zero-order chi connectivity index (χ0) is 33.0. The Bertz CT molecular complexity index is 2840. The first-order valence-electron chi connectivity index (χ1n) is 17.0. The maximum Gasteiger partial charge on any atom is 0.160 e. The van der Waals surface area contributed by atoms with Gasteiger partial charge in [-0.2, -0.15) is 0 Å². The van der Waals surface area contributed by atoms with Crippen LogP contribution >= 0.6 is 0 Å². The molecule has 232 valence electrons. The van der Waals surface area contributed by atoms with Crippen molar-refractivity contribution in [2.75, 3.05) is 0 Å². The first kappa shape index (κ1) is 28.3. The second-order valence-electron chi connectivity index (χ2n) is 12.8. The molecule has 0 N–H and O–H groups in total. The summed E-state index contributed by atoms with van der Waals surface area (Å²) in [5.41, 5.74) is 7.91. The Morgan fingerprint density at radius 2 is 0.820 bits per heavy atom. The van der Waals surface area contributed by atoms with Crippen molar-refractivity contribution in [2.24, 2.45) is 0 Å². The minimum absolute atomic E-state index is 0.692. The van der Waals surface area contributed by atoms with Crippen LogP contribution in [0.3, 0.4) is 0 Å². The van der Waals surface area contributed by atoms with Gasteiger partial charge in [-0.05, 0) is 38.4 Å². The lowest BCUT2D eigenvalue weighted by Gasteiger charge is -2.16. The minimum Gasteiger partial charge on any atom is -0.246 e. The molecule has 10 aromatic rings. The number of nitrogens with zero attached hydrogens (tertiary/aromatic N) is 3. The van der Waals surface area contributed by atoms with E-state index in [1.165, 1.54) is 37.7 Å². The van der Waals surface area contributed by atoms with Gasteiger partial charge in [-0.25, -0.2) is 15.0 Å². The molecule has 2 heterocycles. The molecule has 0 saturated carbocycles. The van der Waals surface area contributed by atoms with E-state index in [2.05, 4.69) is 140 Å². The number of pyridine rings is 1. The molecule has 0 aliphatic heterocycles. The normalized spacial score (nSPS) is 11.6. The average molecular weight is 636 g/mol. The fraction of sp³-hybridized carbons (Fsp3) is 0. The van der Waals surface area contributed by atoms with Crippen LogP contribution < -0.4 is 0 Å². The molecular weight excluding hydrogens is 607 g/mol. The van der Waals surface area contributed by atoms with Gasteiger partial charge in [-0.1, -0.05) is 170 Å². The monoisotopic (exact) mass is 635 g/mol. The molecule has 0 spiro atoms. The van der Waals surface area contributed by atoms with Crippen LogP contribution in [0.15, 0.2) is 176 Å². The number of hydrogen-bond donors (Lipinski definition) is 0. The third kappa shape index (κ3) is 4.56. The third-order valence-electron chi connectivity index (χ3n) is 9.84. The number of aromatic nitrogens is 3. The van der Waals surface area contributed by atoms with Crippen LogP contribution in [0.4, 0.5) is 0 Å². The van der Waals surface area contributed by atoms with Gasteiger partial charge in [0, 0.05) is 38.4 Å². The lowest BCUT2D eigenvalue weighted by atomic mass is 9.90. The van der Waals surface area contributed by atoms with Crippen LogP contribution in [0.5, 0.6) is 0 Å². The van der Waals surface area contributed by atoms with Gasteiger partial charge in [0.2, 0.25) is 0 Å². The highest BCUT2D eigenvalue weighted by Crippen LogP contribution is 2.43. The van der Waals surface area contributed by atoms with E-state index < -0.39 is 0 Å². The highest BCUT2D eigenvalue weighted by Gasteiger charge is 2.18. The predicted molar refractivity (Wildman–Crippen MR) is 209 cm³/mol. The number of hydrogen-bond acceptors (Lipinski definition) is 3. The summed E-state index contributed by atoms with van der Waals surface area (Å²) in [6, 6.07) is 61.9. The first-order valence-corrected chi connectivity index (χ1v) is 17.0. The van der Waals surface area contributed by atoms with Crippen molar-refractivity contribution in [1.82, 2.24) is 15.0 Å². The Hall–Kier alpha value is -6.71. The minimum atomic E-state index is 0.692. The van der Waals surface area contributed by atoms with Gasteiger partial charge in [-0.3, -0.25) is 0 Å². The molecule has 8 aromatic carbocycles. The van der Waals surface area contributed by atoms with E-state index >= 15 is 0 Å². The van der Waals surface area contributed by atoms with E-state index in [1.807, 2.05) is 36.4 Å². The van der Waals surface area contributed by atoms with E-state index in [0.717, 1.165) is 55.6 Å². The maximum absolute atomic E-state index is 5.51. The largest absolute Gasteiger partial charge is 0.246 e. The molecule has 0 amide bonds. The smallest absolute Gasteiger partial charge is 0.160 e. The Morgan fingerprint density at radius 3 is 1.48 bits per heavy atom. The topological polar surface area (TPSA) is 38.7 Å². The van der Waals surface area contributed by atoms with E-state index in [9.17, 15) is 0 Å². The zero-order valence-corrected chi connectivity index (χ0v) is 27.1. The molecule has 3 nitrogen and oxygen atoms in total. The highest BCUT2D eigenvalue weighted by atomic mass is 14.9. The lowest BCUT2D eigenvalue weighted by Crippen LogP contribution is -1.96. The van der Waals surface area contributed by atoms with Crippen LogP contribution in [0.2, 0.25) is 0 Å². The van der Waals surface area contributed by atoms with Crippen molar-refractivity contribution in [3.05, 3.63) is 176 Å². The van der Waals surface area contributed by atoms with Crippen molar-refractivity contribution >= 4 is 54.0 Å². The van der Waals surface area contributed by atoms with Crippen molar-refractivity contribution in [3.63, 3.8) is 0 Å². The standard InChI is InChI=1S/C47H29N3/c1-3-14-31(15-4-1)41-29-42(32-16-5-2-6-17-32)49-47(48-41)34-25-23-33(24-26-34)45-38-21-11-10-20-37(38)44-40-28-27-30-13-7-8-18-35(30)43(40)36-19-9-12-22-39(36)46(44)50-45/h1-29H. The van der Waals surface area contributed by atoms with Crippen molar-refractivity contribution < 1.29 is 0 Å². The summed E-state index contributed by atoms with van der Waals surface area (Å²) < 4.78 is 0. The first-order chi connectivity index (χ1) is 24.8. The molecule has 3 heteroatoms. The van der Waals surface area contributed by atoms with Gasteiger partial charge in [0.25, 0.3) is 0 Å². The number of rotatable bonds is 4. The summed E-state index contributed by atoms with van der Waals surface area (Å²) >= 11 is 0. The van der Waals surface area contributed by atoms with E-state index in [1.54, 1.807) is 0 Å². The molecule has 0 radical (unpaired) electrons. The maximum atomic E-state index is 5.51. The quantitative estimate of drug-likeness (QED) is 0.181. The van der Waals surface area contributed by atoms with E-state index in [4.69, 9.17) is 15.0 Å². The van der Waals surface area contributed by atoms with Gasteiger partial charge in [0.1, 0.15) is 0 Å². The summed E-state index contributed by atoms with van der Waals surface area (Å²) in [5.74, 6) is 0.692. The molecule has 10 rings (SSSR count). The second kappa shape index (κ2) is 11.5. The number of benzene rings is 8. The lowest BCUT2D eigenvalue weighted by molar-refractivity contribution is 1.18. The molecule has 50 heavy (non-hydrogen) atoms. The van der Waals surface area contributed by atoms with Gasteiger partial charge in [0.15, 0.2) is 5.82 Å². The van der Waals surface area contributed by atoms with Gasteiger partial charge < -0.3 is 0 Å². The summed E-state index contributed by atoms with van der Waals surface area (Å²) in [5, 5.41) is 10.9. The van der Waals surface area contributed by atoms with Gasteiger partial charge in [0.05, 0.1) is 22.6 Å². The SMILES string of the molecule is c1ccc(-c2cc(-c3ccccc3)nc(-c3ccc(-c4nc5c6ccccc6c6c7ccccc7ccc6c5c5ccccc45)cc3)n2)cc1. The van der Waals surface area contributed by atoms with Crippen LogP contribution in [-0.4, -0.2) is 15.0 Å². The van der Waals surface area contributed by atoms with Crippen LogP contribution in [0.25, 0.3) is 99.2 Å². The van der Waals surface area contributed by atoms with Crippen LogP contribution in [0, 0.1) is 0 Å². The van der Waals surface area contributed by atoms with E-state index in [0.29, 0.717) is 5.82 Å². The fourth-order valence-corrected chi connectivity index (χ4v) is 7.50. The molecule has 0 atom stereocenters. The summed E-state index contributed by atoms with van der Waals surface area (Å²) in [7, 11) is 0. The third-order valence-corrected chi connectivity index (χ3v) is 9.84. The molecule has 0 bridgehead atoms. The average Bonchev–Trinajstić information content (AvgIpc) is 3.20. The Labute approximate surface area is 289 Å². The second-order valence-corrected chi connectivity index (χ2v) is 12.8. The highest BCUT2D eigenvalue weighted by molar-refractivity contribution is 6.35. The van der Waals surface area contributed by atoms with Crippen LogP contribution in [0.1, 0.15) is 0 Å². The van der Waals surface area contributed by atoms with E-state index in [-0.39, 0.29) is 0 Å². The zero-order valence-electron chi connectivity index (χ0n) is 27.1. The van der Waals surface area contributed by atoms with Crippen LogP contribution in [-0.2, 0) is 0 Å². The predicted octanol–water partition coefficient (Wildman–Crippen LogP) is 12.3. The molecule has 0 aliphatic rings. The Kier molecular flexibility index (Phi) is 6.49. The van der Waals surface area contributed by atoms with Crippen molar-refractivity contribution in [2.45, 2.75) is 0 Å². The summed E-state index contributed by atoms with van der Waals surface area (Å²) in [4.78, 5) is 15.6. The fourth-order valence-electron chi connectivity index (χ4n) is 7.50. The molecule has 0 aliphatic carbocycles. The molecule has 0 saturated heterocycles. The van der Waals surface area contributed by atoms with Gasteiger partial charge >= 0.3 is 0 Å². The van der Waals surface area contributed by atoms with Crippen molar-refractivity contribution in [1.29, 1.82) is 0 Å². The molecule has 0 unspecified atom stereocenters. The van der Waals surface area contributed by atoms with Crippen molar-refractivity contribution in [3.8, 4) is 45.2 Å². The summed E-state index contributed by atoms with van der Waals surface area (Å²) in [6.45, 7) is 0. The number of fused-ring (bicyclic) bond motifs is 10. The molecular formula is C47H29N3.